The molecule has 2 bridgehead atoms. The fraction of sp³-hybridized carbons (Fsp3) is 0.500. The van der Waals surface area contributed by atoms with Crippen molar-refractivity contribution in [2.75, 3.05) is 39.3 Å². The number of rotatable bonds is 5. The second-order valence-corrected chi connectivity index (χ2v) is 7.75. The first-order chi connectivity index (χ1) is 10.5. The Balaban J connectivity index is 1.56. The molecule has 3 fully saturated rings. The Morgan fingerprint density at radius 2 is 1.86 bits per heavy atom. The monoisotopic (exact) mass is 321 g/mol. The molecule has 3 aliphatic rings. The zero-order valence-electron chi connectivity index (χ0n) is 12.9. The predicted octanol–water partition coefficient (Wildman–Crippen LogP) is 0.885. The van der Waals surface area contributed by atoms with Gasteiger partial charge in [-0.3, -0.25) is 9.80 Å². The van der Waals surface area contributed by atoms with Gasteiger partial charge in [0.15, 0.2) is 0 Å². The van der Waals surface area contributed by atoms with E-state index in [0.717, 1.165) is 43.9 Å². The first kappa shape index (κ1) is 15.7. The van der Waals surface area contributed by atoms with Crippen LogP contribution in [0.3, 0.4) is 0 Å². The lowest BCUT2D eigenvalue weighted by Crippen LogP contribution is -2.63. The maximum atomic E-state index is 12.1. The quantitative estimate of drug-likeness (QED) is 0.875. The van der Waals surface area contributed by atoms with Crippen LogP contribution in [-0.4, -0.2) is 63.5 Å². The zero-order chi connectivity index (χ0) is 15.6. The third-order valence-electron chi connectivity index (χ3n) is 4.43. The van der Waals surface area contributed by atoms with Crippen molar-refractivity contribution >= 4 is 16.1 Å². The van der Waals surface area contributed by atoms with Gasteiger partial charge in [0.1, 0.15) is 0 Å². The molecule has 4 rings (SSSR count). The first-order valence-electron chi connectivity index (χ1n) is 7.73. The average molecular weight is 321 g/mol. The molecule has 0 aromatic heterocycles. The molecular formula is C16H23N3O2S. The molecule has 1 N–H and O–H groups in total. The normalized spacial score (nSPS) is 28.3. The van der Waals surface area contributed by atoms with Gasteiger partial charge < -0.3 is 0 Å². The Labute approximate surface area is 132 Å². The minimum atomic E-state index is -3.38. The molecule has 3 heterocycles. The van der Waals surface area contributed by atoms with E-state index in [1.807, 2.05) is 31.2 Å². The van der Waals surface area contributed by atoms with Crippen LogP contribution >= 0.6 is 0 Å². The molecule has 22 heavy (non-hydrogen) atoms. The zero-order valence-corrected chi connectivity index (χ0v) is 13.7. The summed E-state index contributed by atoms with van der Waals surface area (Å²) < 4.78 is 26.9. The third kappa shape index (κ3) is 3.95. The van der Waals surface area contributed by atoms with Crippen molar-refractivity contribution < 1.29 is 8.42 Å². The van der Waals surface area contributed by atoms with Crippen molar-refractivity contribution in [2.24, 2.45) is 0 Å². The lowest BCUT2D eigenvalue weighted by molar-refractivity contribution is 0.0158. The molecule has 1 unspecified atom stereocenters. The molecule has 1 aromatic carbocycles. The van der Waals surface area contributed by atoms with Gasteiger partial charge in [0, 0.05) is 50.7 Å². The van der Waals surface area contributed by atoms with Crippen LogP contribution in [0.25, 0.3) is 6.08 Å². The summed E-state index contributed by atoms with van der Waals surface area (Å²) in [6, 6.07) is 8.08. The van der Waals surface area contributed by atoms with Crippen LogP contribution in [0.2, 0.25) is 0 Å². The predicted molar refractivity (Wildman–Crippen MR) is 88.9 cm³/mol. The van der Waals surface area contributed by atoms with Gasteiger partial charge in [-0.1, -0.05) is 29.8 Å². The lowest BCUT2D eigenvalue weighted by Gasteiger charge is -2.47. The summed E-state index contributed by atoms with van der Waals surface area (Å²) in [6.45, 7) is 7.76. The van der Waals surface area contributed by atoms with Crippen molar-refractivity contribution in [2.45, 2.75) is 13.0 Å². The van der Waals surface area contributed by atoms with Crippen LogP contribution in [0, 0.1) is 6.92 Å². The fourth-order valence-electron chi connectivity index (χ4n) is 3.02. The summed E-state index contributed by atoms with van der Waals surface area (Å²) in [5.74, 6) is 0. The van der Waals surface area contributed by atoms with Gasteiger partial charge in [-0.25, -0.2) is 13.1 Å². The van der Waals surface area contributed by atoms with Crippen LogP contribution in [0.4, 0.5) is 0 Å². The summed E-state index contributed by atoms with van der Waals surface area (Å²) in [6.07, 6.45) is 1.64. The van der Waals surface area contributed by atoms with Gasteiger partial charge >= 0.3 is 0 Å². The van der Waals surface area contributed by atoms with Gasteiger partial charge in [-0.15, -0.1) is 0 Å². The second kappa shape index (κ2) is 6.50. The number of fused-ring (bicyclic) bond motifs is 3. The van der Waals surface area contributed by atoms with E-state index >= 15 is 0 Å². The molecule has 120 valence electrons. The van der Waals surface area contributed by atoms with Crippen LogP contribution < -0.4 is 4.72 Å². The maximum absolute atomic E-state index is 12.1. The molecule has 0 spiro atoms. The summed E-state index contributed by atoms with van der Waals surface area (Å²) in [5, 5.41) is 1.26. The van der Waals surface area contributed by atoms with E-state index in [2.05, 4.69) is 14.5 Å². The van der Waals surface area contributed by atoms with Crippen LogP contribution in [0.5, 0.6) is 0 Å². The van der Waals surface area contributed by atoms with Crippen molar-refractivity contribution in [3.8, 4) is 0 Å². The number of aryl methyl sites for hydroxylation is 1. The highest BCUT2D eigenvalue weighted by Gasteiger charge is 2.31. The molecule has 0 radical (unpaired) electrons. The molecule has 0 saturated carbocycles. The van der Waals surface area contributed by atoms with E-state index in [1.54, 1.807) is 6.08 Å². The van der Waals surface area contributed by atoms with Crippen LogP contribution in [-0.2, 0) is 10.0 Å². The Bertz CT molecular complexity index is 632. The van der Waals surface area contributed by atoms with E-state index in [0.29, 0.717) is 12.6 Å². The number of benzene rings is 1. The van der Waals surface area contributed by atoms with Gasteiger partial charge in [-0.05, 0) is 18.6 Å². The van der Waals surface area contributed by atoms with Crippen molar-refractivity contribution in [3.63, 3.8) is 0 Å². The first-order valence-corrected chi connectivity index (χ1v) is 9.27. The average Bonchev–Trinajstić information content (AvgIpc) is 2.54. The SMILES string of the molecule is Cc1ccc(/C=C/S(=O)(=O)NCC2CN3CCN2CC3)cc1. The summed E-state index contributed by atoms with van der Waals surface area (Å²) >= 11 is 0. The molecule has 0 amide bonds. The molecular weight excluding hydrogens is 298 g/mol. The highest BCUT2D eigenvalue weighted by atomic mass is 32.2. The van der Waals surface area contributed by atoms with E-state index in [-0.39, 0.29) is 0 Å². The molecule has 6 heteroatoms. The lowest BCUT2D eigenvalue weighted by atomic mass is 10.1. The van der Waals surface area contributed by atoms with Crippen LogP contribution in [0.15, 0.2) is 29.7 Å². The Hall–Kier alpha value is -1.21. The second-order valence-electron chi connectivity index (χ2n) is 6.10. The molecule has 0 aliphatic carbocycles. The molecule has 3 aliphatic heterocycles. The minimum Gasteiger partial charge on any atom is -0.299 e. The number of hydrogen-bond donors (Lipinski definition) is 1. The van der Waals surface area contributed by atoms with E-state index in [4.69, 9.17) is 0 Å². The van der Waals surface area contributed by atoms with Crippen molar-refractivity contribution in [1.29, 1.82) is 0 Å². The summed E-state index contributed by atoms with van der Waals surface area (Å²) in [7, 11) is -3.38. The topological polar surface area (TPSA) is 52.7 Å². The molecule has 3 saturated heterocycles. The van der Waals surface area contributed by atoms with Gasteiger partial charge in [-0.2, -0.15) is 0 Å². The summed E-state index contributed by atoms with van der Waals surface area (Å²) in [4.78, 5) is 4.79. The number of nitrogens with zero attached hydrogens (tertiary/aromatic N) is 2. The summed E-state index contributed by atoms with van der Waals surface area (Å²) in [5.41, 5.74) is 2.05. The maximum Gasteiger partial charge on any atom is 0.233 e. The van der Waals surface area contributed by atoms with Crippen molar-refractivity contribution in [3.05, 3.63) is 40.8 Å². The van der Waals surface area contributed by atoms with Gasteiger partial charge in [0.2, 0.25) is 10.0 Å². The highest BCUT2D eigenvalue weighted by Crippen LogP contribution is 2.15. The largest absolute Gasteiger partial charge is 0.299 e. The number of hydrogen-bond acceptors (Lipinski definition) is 4. The number of piperazine rings is 3. The molecule has 1 aromatic rings. The van der Waals surface area contributed by atoms with E-state index < -0.39 is 10.0 Å². The standard InChI is InChI=1S/C16H23N3O2S/c1-14-2-4-15(5-3-14)6-11-22(20,21)17-12-16-13-18-7-9-19(16)10-8-18/h2-6,11,16-17H,7-10,12-13H2,1H3/b11-6+. The third-order valence-corrected chi connectivity index (χ3v) is 5.49. The van der Waals surface area contributed by atoms with Gasteiger partial charge in [0.05, 0.1) is 0 Å². The van der Waals surface area contributed by atoms with Crippen molar-refractivity contribution in [1.82, 2.24) is 14.5 Å². The Morgan fingerprint density at radius 3 is 2.45 bits per heavy atom. The smallest absolute Gasteiger partial charge is 0.233 e. The molecule has 5 nitrogen and oxygen atoms in total. The Morgan fingerprint density at radius 1 is 1.18 bits per heavy atom. The van der Waals surface area contributed by atoms with E-state index in [1.165, 1.54) is 5.41 Å². The number of sulfonamides is 1. The minimum absolute atomic E-state index is 0.296. The van der Waals surface area contributed by atoms with E-state index in [9.17, 15) is 8.42 Å². The van der Waals surface area contributed by atoms with Gasteiger partial charge in [0.25, 0.3) is 0 Å². The highest BCUT2D eigenvalue weighted by molar-refractivity contribution is 7.92. The molecule has 1 atom stereocenters. The number of nitrogens with one attached hydrogen (secondary N) is 1. The Kier molecular flexibility index (Phi) is 4.63. The fourth-order valence-corrected chi connectivity index (χ4v) is 3.88. The van der Waals surface area contributed by atoms with Crippen LogP contribution in [0.1, 0.15) is 11.1 Å².